The van der Waals surface area contributed by atoms with Gasteiger partial charge in [-0.05, 0) is 12.1 Å². The molecule has 120 valence electrons. The number of hydrogen-bond donors (Lipinski definition) is 0. The van der Waals surface area contributed by atoms with E-state index in [-0.39, 0.29) is 5.69 Å². The minimum absolute atomic E-state index is 0.0282. The number of nitro groups is 1. The van der Waals surface area contributed by atoms with Crippen LogP contribution in [0, 0.1) is 10.1 Å². The highest BCUT2D eigenvalue weighted by atomic mass is 16.6. The van der Waals surface area contributed by atoms with Crippen LogP contribution in [-0.2, 0) is 0 Å². The molecule has 0 aliphatic heterocycles. The second kappa shape index (κ2) is 6.41. The van der Waals surface area contributed by atoms with E-state index < -0.39 is 4.92 Å². The summed E-state index contributed by atoms with van der Waals surface area (Å²) in [5, 5.41) is 19.3. The van der Waals surface area contributed by atoms with Crippen LogP contribution in [0.15, 0.2) is 54.6 Å². The molecule has 7 nitrogen and oxygen atoms in total. The second-order valence-electron chi connectivity index (χ2n) is 5.37. The molecule has 1 heterocycles. The van der Waals surface area contributed by atoms with E-state index >= 15 is 0 Å². The first-order valence-electron chi connectivity index (χ1n) is 7.28. The molecule has 7 heteroatoms. The summed E-state index contributed by atoms with van der Waals surface area (Å²) in [6, 6.07) is 15.8. The van der Waals surface area contributed by atoms with Crippen molar-refractivity contribution in [3.63, 3.8) is 0 Å². The van der Waals surface area contributed by atoms with Crippen molar-refractivity contribution < 1.29 is 4.92 Å². The first kappa shape index (κ1) is 15.5. The van der Waals surface area contributed by atoms with Gasteiger partial charge in [0, 0.05) is 37.4 Å². The van der Waals surface area contributed by atoms with Gasteiger partial charge in [-0.25, -0.2) is 4.98 Å². The SMILES string of the molecule is CN(C)c1nc(-c2ccc([N+](=O)[O-])cc2)nnc1-c1ccccc1. The van der Waals surface area contributed by atoms with Gasteiger partial charge in [0.1, 0.15) is 5.69 Å². The predicted octanol–water partition coefficient (Wildman–Crippen LogP) is 3.18. The van der Waals surface area contributed by atoms with Crippen molar-refractivity contribution in [1.82, 2.24) is 15.2 Å². The molecule has 0 fully saturated rings. The molecule has 0 saturated carbocycles. The minimum atomic E-state index is -0.438. The highest BCUT2D eigenvalue weighted by Crippen LogP contribution is 2.27. The van der Waals surface area contributed by atoms with Crippen molar-refractivity contribution in [2.24, 2.45) is 0 Å². The molecular weight excluding hydrogens is 306 g/mol. The number of hydrogen-bond acceptors (Lipinski definition) is 6. The average molecular weight is 321 g/mol. The molecule has 0 atom stereocenters. The van der Waals surface area contributed by atoms with Crippen molar-refractivity contribution in [3.05, 3.63) is 64.7 Å². The summed E-state index contributed by atoms with van der Waals surface area (Å²) in [4.78, 5) is 16.8. The van der Waals surface area contributed by atoms with Gasteiger partial charge in [-0.1, -0.05) is 30.3 Å². The number of non-ortho nitro benzene ring substituents is 1. The lowest BCUT2D eigenvalue weighted by Crippen LogP contribution is -2.14. The van der Waals surface area contributed by atoms with Gasteiger partial charge < -0.3 is 4.90 Å². The summed E-state index contributed by atoms with van der Waals surface area (Å²) in [6.07, 6.45) is 0. The molecule has 0 aliphatic carbocycles. The molecule has 0 spiro atoms. The van der Waals surface area contributed by atoms with Crippen LogP contribution >= 0.6 is 0 Å². The Bertz CT molecular complexity index is 864. The summed E-state index contributed by atoms with van der Waals surface area (Å²) in [5.74, 6) is 1.11. The molecule has 0 saturated heterocycles. The number of aromatic nitrogens is 3. The Labute approximate surface area is 138 Å². The molecule has 0 radical (unpaired) electrons. The van der Waals surface area contributed by atoms with Crippen LogP contribution in [0.25, 0.3) is 22.6 Å². The molecular formula is C17H15N5O2. The van der Waals surface area contributed by atoms with Gasteiger partial charge in [0.2, 0.25) is 0 Å². The molecule has 24 heavy (non-hydrogen) atoms. The molecule has 0 aliphatic rings. The van der Waals surface area contributed by atoms with Gasteiger partial charge >= 0.3 is 0 Å². The summed E-state index contributed by atoms with van der Waals surface area (Å²) >= 11 is 0. The van der Waals surface area contributed by atoms with Crippen LogP contribution in [0.3, 0.4) is 0 Å². The molecule has 0 unspecified atom stereocenters. The third kappa shape index (κ3) is 3.05. The molecule has 3 rings (SSSR count). The van der Waals surface area contributed by atoms with Crippen LogP contribution < -0.4 is 4.90 Å². The fourth-order valence-electron chi connectivity index (χ4n) is 2.27. The number of anilines is 1. The van der Waals surface area contributed by atoms with Crippen molar-refractivity contribution >= 4 is 11.5 Å². The maximum atomic E-state index is 10.7. The second-order valence-corrected chi connectivity index (χ2v) is 5.37. The maximum absolute atomic E-state index is 10.7. The third-order valence-electron chi connectivity index (χ3n) is 3.48. The lowest BCUT2D eigenvalue weighted by molar-refractivity contribution is -0.384. The van der Waals surface area contributed by atoms with Gasteiger partial charge in [-0.3, -0.25) is 10.1 Å². The van der Waals surface area contributed by atoms with Crippen LogP contribution in [-0.4, -0.2) is 34.2 Å². The summed E-state index contributed by atoms with van der Waals surface area (Å²) in [7, 11) is 3.77. The number of nitro benzene ring substituents is 1. The lowest BCUT2D eigenvalue weighted by Gasteiger charge is -2.15. The van der Waals surface area contributed by atoms with Crippen LogP contribution in [0.5, 0.6) is 0 Å². The smallest absolute Gasteiger partial charge is 0.269 e. The van der Waals surface area contributed by atoms with Gasteiger partial charge in [-0.15, -0.1) is 10.2 Å². The Kier molecular flexibility index (Phi) is 4.15. The number of benzene rings is 2. The zero-order valence-corrected chi connectivity index (χ0v) is 13.2. The van der Waals surface area contributed by atoms with Crippen molar-refractivity contribution in [3.8, 4) is 22.6 Å². The van der Waals surface area contributed by atoms with Gasteiger partial charge in [0.15, 0.2) is 11.6 Å². The Balaban J connectivity index is 2.05. The van der Waals surface area contributed by atoms with E-state index in [4.69, 9.17) is 0 Å². The topological polar surface area (TPSA) is 85.0 Å². The van der Waals surface area contributed by atoms with Crippen molar-refractivity contribution in [2.45, 2.75) is 0 Å². The maximum Gasteiger partial charge on any atom is 0.269 e. The first-order valence-corrected chi connectivity index (χ1v) is 7.28. The van der Waals surface area contributed by atoms with E-state index in [9.17, 15) is 10.1 Å². The third-order valence-corrected chi connectivity index (χ3v) is 3.48. The summed E-state index contributed by atoms with van der Waals surface area (Å²) in [6.45, 7) is 0. The van der Waals surface area contributed by atoms with E-state index in [1.807, 2.05) is 49.3 Å². The Morgan fingerprint density at radius 2 is 1.58 bits per heavy atom. The number of rotatable bonds is 4. The predicted molar refractivity (Wildman–Crippen MR) is 91.7 cm³/mol. The van der Waals surface area contributed by atoms with E-state index in [1.54, 1.807) is 12.1 Å². The van der Waals surface area contributed by atoms with E-state index in [2.05, 4.69) is 15.2 Å². The van der Waals surface area contributed by atoms with Crippen LogP contribution in [0.4, 0.5) is 11.5 Å². The Hall–Kier alpha value is -3.35. The van der Waals surface area contributed by atoms with Gasteiger partial charge in [0.05, 0.1) is 4.92 Å². The van der Waals surface area contributed by atoms with E-state index in [0.29, 0.717) is 22.9 Å². The van der Waals surface area contributed by atoms with E-state index in [0.717, 1.165) is 5.56 Å². The molecule has 2 aromatic carbocycles. The largest absolute Gasteiger partial charge is 0.361 e. The summed E-state index contributed by atoms with van der Waals surface area (Å²) in [5.41, 5.74) is 2.32. The summed E-state index contributed by atoms with van der Waals surface area (Å²) < 4.78 is 0. The zero-order valence-electron chi connectivity index (χ0n) is 13.2. The lowest BCUT2D eigenvalue weighted by atomic mass is 10.1. The molecule has 0 amide bonds. The highest BCUT2D eigenvalue weighted by molar-refractivity contribution is 5.73. The standard InChI is InChI=1S/C17H15N5O2/c1-21(2)17-15(12-6-4-3-5-7-12)19-20-16(18-17)13-8-10-14(11-9-13)22(23)24/h3-11H,1-2H3. The first-order chi connectivity index (χ1) is 11.6. The van der Waals surface area contributed by atoms with Crippen LogP contribution in [0.1, 0.15) is 0 Å². The van der Waals surface area contributed by atoms with Crippen LogP contribution in [0.2, 0.25) is 0 Å². The molecule has 1 aromatic heterocycles. The fraction of sp³-hybridized carbons (Fsp3) is 0.118. The number of nitrogens with zero attached hydrogens (tertiary/aromatic N) is 5. The Morgan fingerprint density at radius 3 is 2.17 bits per heavy atom. The van der Waals surface area contributed by atoms with Gasteiger partial charge in [0.25, 0.3) is 5.69 Å². The zero-order chi connectivity index (χ0) is 17.1. The van der Waals surface area contributed by atoms with Crippen molar-refractivity contribution in [1.29, 1.82) is 0 Å². The molecule has 3 aromatic rings. The minimum Gasteiger partial charge on any atom is -0.361 e. The van der Waals surface area contributed by atoms with Crippen molar-refractivity contribution in [2.75, 3.05) is 19.0 Å². The molecule has 0 bridgehead atoms. The molecule has 0 N–H and O–H groups in total. The highest BCUT2D eigenvalue weighted by Gasteiger charge is 2.14. The monoisotopic (exact) mass is 321 g/mol. The normalized spacial score (nSPS) is 10.4. The quantitative estimate of drug-likeness (QED) is 0.542. The van der Waals surface area contributed by atoms with E-state index in [1.165, 1.54) is 12.1 Å². The Morgan fingerprint density at radius 1 is 0.917 bits per heavy atom. The van der Waals surface area contributed by atoms with Gasteiger partial charge in [-0.2, -0.15) is 0 Å². The fourth-order valence-corrected chi connectivity index (χ4v) is 2.27. The average Bonchev–Trinajstić information content (AvgIpc) is 2.62.